The van der Waals surface area contributed by atoms with E-state index in [2.05, 4.69) is 32.4 Å². The maximum Gasteiger partial charge on any atom is 0.253 e. The molecule has 0 aliphatic rings. The summed E-state index contributed by atoms with van der Waals surface area (Å²) in [6, 6.07) is 6.12. The molecule has 0 aromatic heterocycles. The van der Waals surface area contributed by atoms with Gasteiger partial charge in [0.1, 0.15) is 0 Å². The van der Waals surface area contributed by atoms with Gasteiger partial charge in [-0.1, -0.05) is 27.7 Å². The molecule has 24 heavy (non-hydrogen) atoms. The van der Waals surface area contributed by atoms with Crippen LogP contribution in [0.15, 0.2) is 29.2 Å². The zero-order valence-corrected chi connectivity index (χ0v) is 16.2. The smallest absolute Gasteiger partial charge is 0.253 e. The quantitative estimate of drug-likeness (QED) is 0.741. The Kier molecular flexibility index (Phi) is 7.90. The van der Waals surface area contributed by atoms with Gasteiger partial charge in [0.15, 0.2) is 0 Å². The predicted octanol–water partition coefficient (Wildman–Crippen LogP) is 3.13. The molecule has 6 heteroatoms. The van der Waals surface area contributed by atoms with Crippen LogP contribution in [0.1, 0.15) is 50.9 Å². The van der Waals surface area contributed by atoms with Crippen LogP contribution in [0.2, 0.25) is 0 Å². The summed E-state index contributed by atoms with van der Waals surface area (Å²) >= 11 is 0. The van der Waals surface area contributed by atoms with Crippen LogP contribution in [0.25, 0.3) is 0 Å². The predicted molar refractivity (Wildman–Crippen MR) is 97.5 cm³/mol. The first kappa shape index (κ1) is 20.6. The third kappa shape index (κ3) is 6.24. The molecule has 0 spiro atoms. The van der Waals surface area contributed by atoms with Crippen molar-refractivity contribution in [3.05, 3.63) is 29.8 Å². The van der Waals surface area contributed by atoms with Crippen LogP contribution in [-0.2, 0) is 10.0 Å². The minimum Gasteiger partial charge on any atom is -0.339 e. The summed E-state index contributed by atoms with van der Waals surface area (Å²) in [7, 11) is -2.11. The van der Waals surface area contributed by atoms with E-state index in [1.165, 1.54) is 19.2 Å². The van der Waals surface area contributed by atoms with E-state index in [0.717, 1.165) is 25.9 Å². The molecule has 136 valence electrons. The average molecular weight is 355 g/mol. The van der Waals surface area contributed by atoms with Gasteiger partial charge in [0, 0.05) is 18.7 Å². The molecule has 1 N–H and O–H groups in total. The molecule has 1 amide bonds. The topological polar surface area (TPSA) is 66.5 Å². The number of hydrogen-bond acceptors (Lipinski definition) is 3. The van der Waals surface area contributed by atoms with Gasteiger partial charge in [0.05, 0.1) is 4.90 Å². The minimum absolute atomic E-state index is 0.0373. The fourth-order valence-corrected chi connectivity index (χ4v) is 2.95. The lowest BCUT2D eigenvalue weighted by molar-refractivity contribution is 0.0740. The zero-order chi connectivity index (χ0) is 18.3. The Hall–Kier alpha value is -1.40. The van der Waals surface area contributed by atoms with Crippen molar-refractivity contribution in [2.45, 2.75) is 45.4 Å². The van der Waals surface area contributed by atoms with E-state index in [1.807, 2.05) is 4.90 Å². The van der Waals surface area contributed by atoms with E-state index >= 15 is 0 Å². The number of rotatable bonds is 9. The first-order chi connectivity index (χ1) is 11.2. The fourth-order valence-electron chi connectivity index (χ4n) is 2.22. The van der Waals surface area contributed by atoms with Crippen molar-refractivity contribution in [3.63, 3.8) is 0 Å². The summed E-state index contributed by atoms with van der Waals surface area (Å²) < 4.78 is 25.8. The Labute approximate surface area is 146 Å². The first-order valence-corrected chi connectivity index (χ1v) is 9.98. The molecule has 0 fully saturated rings. The highest BCUT2D eigenvalue weighted by Crippen LogP contribution is 2.14. The molecular weight excluding hydrogens is 324 g/mol. The molecule has 0 aliphatic heterocycles. The second-order valence-electron chi connectivity index (χ2n) is 6.89. The summed E-state index contributed by atoms with van der Waals surface area (Å²) in [6.45, 7) is 10.0. The molecule has 1 aromatic carbocycles. The van der Waals surface area contributed by atoms with E-state index in [-0.39, 0.29) is 10.8 Å². The third-order valence-electron chi connectivity index (χ3n) is 3.92. The lowest BCUT2D eigenvalue weighted by atomic mass is 10.1. The molecule has 0 aliphatic carbocycles. The molecular formula is C18H30N2O3S. The maximum atomic E-state index is 12.8. The number of sulfonamides is 1. The Morgan fingerprint density at radius 1 is 1.00 bits per heavy atom. The van der Waals surface area contributed by atoms with Crippen molar-refractivity contribution < 1.29 is 13.2 Å². The van der Waals surface area contributed by atoms with Crippen molar-refractivity contribution in [2.24, 2.45) is 11.8 Å². The molecule has 1 rings (SSSR count). The molecule has 1 aromatic rings. The van der Waals surface area contributed by atoms with E-state index in [9.17, 15) is 13.2 Å². The van der Waals surface area contributed by atoms with Gasteiger partial charge in [-0.3, -0.25) is 4.79 Å². The summed E-state index contributed by atoms with van der Waals surface area (Å²) in [4.78, 5) is 14.8. The normalized spacial score (nSPS) is 12.0. The van der Waals surface area contributed by atoms with Crippen LogP contribution in [0.4, 0.5) is 0 Å². The molecule has 0 unspecified atom stereocenters. The number of carbonyl (C=O) groups is 1. The summed E-state index contributed by atoms with van der Waals surface area (Å²) in [5.74, 6) is 1.02. The van der Waals surface area contributed by atoms with Gasteiger partial charge in [-0.15, -0.1) is 0 Å². The lowest BCUT2D eigenvalue weighted by Crippen LogP contribution is -2.34. The second-order valence-corrected chi connectivity index (χ2v) is 8.78. The number of nitrogens with zero attached hydrogens (tertiary/aromatic N) is 1. The van der Waals surface area contributed by atoms with Gasteiger partial charge in [-0.2, -0.15) is 0 Å². The van der Waals surface area contributed by atoms with Gasteiger partial charge in [-0.05, 0) is 56.0 Å². The van der Waals surface area contributed by atoms with Gasteiger partial charge in [-0.25, -0.2) is 13.1 Å². The van der Waals surface area contributed by atoms with Gasteiger partial charge in [0.2, 0.25) is 10.0 Å². The molecule has 0 atom stereocenters. The second kappa shape index (κ2) is 9.18. The summed E-state index contributed by atoms with van der Waals surface area (Å²) in [5.41, 5.74) is 0.526. The highest BCUT2D eigenvalue weighted by atomic mass is 32.2. The van der Waals surface area contributed by atoms with Crippen molar-refractivity contribution >= 4 is 15.9 Å². The molecule has 0 bridgehead atoms. The number of nitrogens with one attached hydrogen (secondary N) is 1. The van der Waals surface area contributed by atoms with Crippen LogP contribution in [0.3, 0.4) is 0 Å². The Balaban J connectivity index is 2.92. The van der Waals surface area contributed by atoms with Gasteiger partial charge < -0.3 is 4.90 Å². The fraction of sp³-hybridized carbons (Fsp3) is 0.611. The van der Waals surface area contributed by atoms with Gasteiger partial charge in [0.25, 0.3) is 5.91 Å². The number of hydrogen-bond donors (Lipinski definition) is 1. The van der Waals surface area contributed by atoms with Crippen molar-refractivity contribution in [3.8, 4) is 0 Å². The van der Waals surface area contributed by atoms with Crippen LogP contribution in [0.5, 0.6) is 0 Å². The number of benzene rings is 1. The van der Waals surface area contributed by atoms with E-state index in [4.69, 9.17) is 0 Å². The minimum atomic E-state index is -3.48. The summed E-state index contributed by atoms with van der Waals surface area (Å²) in [6.07, 6.45) is 1.91. The van der Waals surface area contributed by atoms with Crippen molar-refractivity contribution in [1.82, 2.24) is 9.62 Å². The summed E-state index contributed by atoms with van der Waals surface area (Å²) in [5, 5.41) is 0. The number of amides is 1. The van der Waals surface area contributed by atoms with Crippen molar-refractivity contribution in [2.75, 3.05) is 20.1 Å². The Morgan fingerprint density at radius 2 is 1.46 bits per heavy atom. The van der Waals surface area contributed by atoms with E-state index < -0.39 is 10.0 Å². The largest absolute Gasteiger partial charge is 0.339 e. The van der Waals surface area contributed by atoms with Crippen LogP contribution < -0.4 is 4.72 Å². The molecule has 0 heterocycles. The molecule has 5 nitrogen and oxygen atoms in total. The van der Waals surface area contributed by atoms with Crippen LogP contribution in [0, 0.1) is 11.8 Å². The van der Waals surface area contributed by atoms with Crippen molar-refractivity contribution in [1.29, 1.82) is 0 Å². The average Bonchev–Trinajstić information content (AvgIpc) is 2.54. The molecule has 0 saturated heterocycles. The first-order valence-electron chi connectivity index (χ1n) is 8.50. The van der Waals surface area contributed by atoms with Gasteiger partial charge >= 0.3 is 0 Å². The third-order valence-corrected chi connectivity index (χ3v) is 5.35. The van der Waals surface area contributed by atoms with Crippen LogP contribution >= 0.6 is 0 Å². The maximum absolute atomic E-state index is 12.8. The highest BCUT2D eigenvalue weighted by molar-refractivity contribution is 7.89. The Bertz CT molecular complexity index is 610. The Morgan fingerprint density at radius 3 is 1.83 bits per heavy atom. The number of carbonyl (C=O) groups excluding carboxylic acids is 1. The standard InChI is InChI=1S/C18H30N2O3S/c1-14(2)10-12-20(13-11-15(3)4)18(21)16-6-8-17(9-7-16)24(22,23)19-5/h6-9,14-15,19H,10-13H2,1-5H3. The van der Waals surface area contributed by atoms with Crippen LogP contribution in [-0.4, -0.2) is 39.4 Å². The highest BCUT2D eigenvalue weighted by Gasteiger charge is 2.18. The zero-order valence-electron chi connectivity index (χ0n) is 15.4. The van der Waals surface area contributed by atoms with E-state index in [1.54, 1.807) is 12.1 Å². The monoisotopic (exact) mass is 354 g/mol. The molecule has 0 saturated carbocycles. The lowest BCUT2D eigenvalue weighted by Gasteiger charge is -2.24. The van der Waals surface area contributed by atoms with E-state index in [0.29, 0.717) is 17.4 Å². The molecule has 0 radical (unpaired) electrons. The SMILES string of the molecule is CNS(=O)(=O)c1ccc(C(=O)N(CCC(C)C)CCC(C)C)cc1.